The summed E-state index contributed by atoms with van der Waals surface area (Å²) < 4.78 is 4.88. The van der Waals surface area contributed by atoms with Crippen molar-refractivity contribution in [3.63, 3.8) is 0 Å². The lowest BCUT2D eigenvalue weighted by Gasteiger charge is -2.13. The number of aromatic nitrogens is 3. The average molecular weight is 554 g/mol. The predicted octanol–water partition coefficient (Wildman–Crippen LogP) is 10.4. The number of hydrogen-bond donors (Lipinski definition) is 0. The molecule has 0 bridgehead atoms. The topological polar surface area (TPSA) is 30.7 Å². The van der Waals surface area contributed by atoms with E-state index in [1.165, 1.54) is 41.7 Å². The van der Waals surface area contributed by atoms with Crippen molar-refractivity contribution in [1.29, 1.82) is 0 Å². The smallest absolute Gasteiger partial charge is 0.235 e. The number of fused-ring (bicyclic) bond motifs is 9. The molecule has 3 nitrogen and oxygen atoms in total. The van der Waals surface area contributed by atoms with Crippen molar-refractivity contribution in [3.8, 4) is 28.5 Å². The lowest BCUT2D eigenvalue weighted by atomic mass is 10.0. The van der Waals surface area contributed by atoms with Gasteiger partial charge in [0.25, 0.3) is 0 Å². The zero-order valence-corrected chi connectivity index (χ0v) is 23.3. The summed E-state index contributed by atoms with van der Waals surface area (Å²) in [6, 6.07) is 49.3. The van der Waals surface area contributed by atoms with Gasteiger partial charge in [0, 0.05) is 47.5 Å². The van der Waals surface area contributed by atoms with Crippen LogP contribution in [0.4, 0.5) is 0 Å². The fourth-order valence-electron chi connectivity index (χ4n) is 6.30. The molecule has 0 spiro atoms. The normalized spacial score (nSPS) is 11.8. The minimum atomic E-state index is 0.673. The van der Waals surface area contributed by atoms with Crippen LogP contribution in [0.3, 0.4) is 0 Å². The summed E-state index contributed by atoms with van der Waals surface area (Å²) in [6.45, 7) is 0. The van der Waals surface area contributed by atoms with Crippen molar-refractivity contribution in [3.05, 3.63) is 140 Å². The summed E-state index contributed by atoms with van der Waals surface area (Å²) >= 11 is 1.87. The highest BCUT2D eigenvalue weighted by molar-refractivity contribution is 7.26. The zero-order chi connectivity index (χ0) is 27.6. The molecule has 0 saturated heterocycles. The zero-order valence-electron chi connectivity index (χ0n) is 22.5. The van der Waals surface area contributed by atoms with Gasteiger partial charge >= 0.3 is 0 Å². The van der Waals surface area contributed by atoms with E-state index in [4.69, 9.17) is 9.97 Å². The van der Waals surface area contributed by atoms with E-state index in [1.54, 1.807) is 0 Å². The Morgan fingerprint density at radius 2 is 1.10 bits per heavy atom. The highest BCUT2D eigenvalue weighted by atomic mass is 32.1. The first-order chi connectivity index (χ1) is 20.8. The largest absolute Gasteiger partial charge is 0.277 e. The summed E-state index contributed by atoms with van der Waals surface area (Å²) in [4.78, 5) is 10.5. The second kappa shape index (κ2) is 9.10. The SMILES string of the molecule is c1ccc(-c2cc(-c3ccccc3)nc(-n3c4ccccc4c4ccc5ccc6c7ccccc7sc6c5c43)n2)cc1. The summed E-state index contributed by atoms with van der Waals surface area (Å²) in [5.74, 6) is 0.673. The molecular weight excluding hydrogens is 531 g/mol. The maximum atomic E-state index is 5.26. The fourth-order valence-corrected chi connectivity index (χ4v) is 7.56. The van der Waals surface area contributed by atoms with Gasteiger partial charge < -0.3 is 0 Å². The van der Waals surface area contributed by atoms with Gasteiger partial charge in [-0.2, -0.15) is 0 Å². The Kier molecular flexibility index (Phi) is 5.07. The van der Waals surface area contributed by atoms with Crippen LogP contribution < -0.4 is 0 Å². The molecule has 6 aromatic carbocycles. The standard InChI is InChI=1S/C38H23N3S/c1-3-11-24(12-4-1)31-23-32(25-13-5-2-6-14-25)40-38(39-31)41-33-17-9-7-15-27(33)29-21-19-26-20-22-30-28-16-8-10-18-34(28)42-37(30)35(26)36(29)41/h1-23H. The molecule has 0 aliphatic rings. The minimum Gasteiger partial charge on any atom is -0.277 e. The third kappa shape index (κ3) is 3.46. The Bertz CT molecular complexity index is 2390. The molecular formula is C38H23N3S. The lowest BCUT2D eigenvalue weighted by Crippen LogP contribution is -2.04. The molecule has 9 rings (SSSR count). The molecule has 0 fully saturated rings. The molecule has 0 atom stereocenters. The number of nitrogens with zero attached hydrogens (tertiary/aromatic N) is 3. The number of benzene rings is 6. The average Bonchev–Trinajstić information content (AvgIpc) is 3.61. The van der Waals surface area contributed by atoms with Crippen molar-refractivity contribution >= 4 is 64.1 Å². The van der Waals surface area contributed by atoms with Crippen LogP contribution in [0, 0.1) is 0 Å². The van der Waals surface area contributed by atoms with E-state index in [9.17, 15) is 0 Å². The third-order valence-corrected chi connectivity index (χ3v) is 9.42. The van der Waals surface area contributed by atoms with Crippen LogP contribution in [0.5, 0.6) is 0 Å². The molecule has 3 aromatic heterocycles. The van der Waals surface area contributed by atoms with Gasteiger partial charge in [0.2, 0.25) is 5.95 Å². The highest BCUT2D eigenvalue weighted by Crippen LogP contribution is 2.44. The number of para-hydroxylation sites is 1. The predicted molar refractivity (Wildman–Crippen MR) is 178 cm³/mol. The van der Waals surface area contributed by atoms with Gasteiger partial charge in [0.15, 0.2) is 0 Å². The van der Waals surface area contributed by atoms with Gasteiger partial charge in [0.05, 0.1) is 22.4 Å². The molecule has 0 amide bonds. The van der Waals surface area contributed by atoms with Crippen LogP contribution >= 0.6 is 11.3 Å². The molecule has 9 aromatic rings. The van der Waals surface area contributed by atoms with Crippen molar-refractivity contribution in [2.75, 3.05) is 0 Å². The maximum Gasteiger partial charge on any atom is 0.235 e. The van der Waals surface area contributed by atoms with E-state index in [-0.39, 0.29) is 0 Å². The van der Waals surface area contributed by atoms with Gasteiger partial charge in [-0.15, -0.1) is 11.3 Å². The van der Waals surface area contributed by atoms with E-state index >= 15 is 0 Å². The summed E-state index contributed by atoms with van der Waals surface area (Å²) in [5.41, 5.74) is 6.18. The van der Waals surface area contributed by atoms with Crippen LogP contribution in [0.1, 0.15) is 0 Å². The second-order valence-corrected chi connectivity index (χ2v) is 11.7. The van der Waals surface area contributed by atoms with Gasteiger partial charge in [-0.25, -0.2) is 9.97 Å². The third-order valence-electron chi connectivity index (χ3n) is 8.21. The minimum absolute atomic E-state index is 0.673. The van der Waals surface area contributed by atoms with Gasteiger partial charge in [-0.05, 0) is 23.6 Å². The van der Waals surface area contributed by atoms with Crippen LogP contribution in [0.25, 0.3) is 81.2 Å². The Hall–Kier alpha value is -5.32. The summed E-state index contributed by atoms with van der Waals surface area (Å²) in [5, 5.41) is 7.45. The number of rotatable bonds is 3. The van der Waals surface area contributed by atoms with Crippen molar-refractivity contribution in [2.45, 2.75) is 0 Å². The molecule has 0 radical (unpaired) electrons. The van der Waals surface area contributed by atoms with Crippen molar-refractivity contribution < 1.29 is 0 Å². The molecule has 0 aliphatic carbocycles. The van der Waals surface area contributed by atoms with E-state index in [0.29, 0.717) is 5.95 Å². The van der Waals surface area contributed by atoms with Crippen LogP contribution in [-0.4, -0.2) is 14.5 Å². The Balaban J connectivity index is 1.47. The van der Waals surface area contributed by atoms with E-state index in [0.717, 1.165) is 33.5 Å². The van der Waals surface area contributed by atoms with E-state index in [1.807, 2.05) is 23.5 Å². The van der Waals surface area contributed by atoms with E-state index < -0.39 is 0 Å². The molecule has 0 N–H and O–H groups in total. The first-order valence-corrected chi connectivity index (χ1v) is 14.9. The molecule has 4 heteroatoms. The van der Waals surface area contributed by atoms with E-state index in [2.05, 4.69) is 132 Å². The first kappa shape index (κ1) is 23.4. The maximum absolute atomic E-state index is 5.26. The number of thiophene rings is 1. The van der Waals surface area contributed by atoms with Crippen LogP contribution in [0.2, 0.25) is 0 Å². The monoisotopic (exact) mass is 553 g/mol. The Morgan fingerprint density at radius 1 is 0.500 bits per heavy atom. The quantitative estimate of drug-likeness (QED) is 0.218. The highest BCUT2D eigenvalue weighted by Gasteiger charge is 2.20. The first-order valence-electron chi connectivity index (χ1n) is 14.1. The van der Waals surface area contributed by atoms with Gasteiger partial charge in [-0.3, -0.25) is 4.57 Å². The lowest BCUT2D eigenvalue weighted by molar-refractivity contribution is 0.998. The number of hydrogen-bond acceptors (Lipinski definition) is 3. The van der Waals surface area contributed by atoms with Crippen LogP contribution in [-0.2, 0) is 0 Å². The van der Waals surface area contributed by atoms with Crippen molar-refractivity contribution in [1.82, 2.24) is 14.5 Å². The molecule has 0 unspecified atom stereocenters. The molecule has 0 aliphatic heterocycles. The van der Waals surface area contributed by atoms with Gasteiger partial charge in [-0.1, -0.05) is 121 Å². The van der Waals surface area contributed by atoms with Crippen molar-refractivity contribution in [2.24, 2.45) is 0 Å². The summed E-state index contributed by atoms with van der Waals surface area (Å²) in [7, 11) is 0. The van der Waals surface area contributed by atoms with Gasteiger partial charge in [0.1, 0.15) is 0 Å². The molecule has 42 heavy (non-hydrogen) atoms. The fraction of sp³-hybridized carbons (Fsp3) is 0. The Labute approximate surface area is 246 Å². The molecule has 196 valence electrons. The Morgan fingerprint density at radius 3 is 1.81 bits per heavy atom. The summed E-state index contributed by atoms with van der Waals surface area (Å²) in [6.07, 6.45) is 0. The van der Waals surface area contributed by atoms with Crippen LogP contribution in [0.15, 0.2) is 140 Å². The second-order valence-electron chi connectivity index (χ2n) is 10.6. The molecule has 3 heterocycles. The molecule has 0 saturated carbocycles.